The highest BCUT2D eigenvalue weighted by Gasteiger charge is 2.39. The van der Waals surface area contributed by atoms with Crippen LogP contribution in [0.1, 0.15) is 24.2 Å². The number of hydrogen-bond donors (Lipinski definition) is 1. The van der Waals surface area contributed by atoms with Gasteiger partial charge in [-0.15, -0.1) is 0 Å². The number of aldehydes is 1. The lowest BCUT2D eigenvalue weighted by molar-refractivity contribution is -0.222. The summed E-state index contributed by atoms with van der Waals surface area (Å²) in [6, 6.07) is 3.31. The topological polar surface area (TPSA) is 81.7 Å². The fourth-order valence-corrected chi connectivity index (χ4v) is 3.13. The van der Waals surface area contributed by atoms with E-state index in [1.54, 1.807) is 12.1 Å². The van der Waals surface area contributed by atoms with Crippen molar-refractivity contribution in [3.05, 3.63) is 38.4 Å². The van der Waals surface area contributed by atoms with Gasteiger partial charge in [0.15, 0.2) is 11.9 Å². The highest BCUT2D eigenvalue weighted by Crippen LogP contribution is 2.30. The van der Waals surface area contributed by atoms with Gasteiger partial charge in [-0.1, -0.05) is 15.9 Å². The molecule has 0 radical (unpaired) electrons. The lowest BCUT2D eigenvalue weighted by Gasteiger charge is -2.29. The average molecular weight is 433 g/mol. The molecule has 0 aliphatic carbocycles. The monoisotopic (exact) mass is 431 g/mol. The summed E-state index contributed by atoms with van der Waals surface area (Å²) < 4.78 is 11.2. The number of nitrogens with one attached hydrogen (secondary N) is 1. The van der Waals surface area contributed by atoms with Crippen LogP contribution in [0, 0.1) is 0 Å². The number of anilines is 1. The zero-order valence-electron chi connectivity index (χ0n) is 11.6. The molecule has 1 N–H and O–H groups in total. The zero-order chi connectivity index (χ0) is 16.5. The number of rotatable bonds is 3. The summed E-state index contributed by atoms with van der Waals surface area (Å²) in [5, 5.41) is 2.75. The molecule has 0 bridgehead atoms. The summed E-state index contributed by atoms with van der Waals surface area (Å²) in [5.41, 5.74) is 0.470. The Balaban J connectivity index is 2.31. The molecule has 1 aromatic rings. The van der Waals surface area contributed by atoms with Gasteiger partial charge in [0.05, 0.1) is 5.69 Å². The summed E-state index contributed by atoms with van der Waals surface area (Å²) >= 11 is 6.57. The molecule has 22 heavy (non-hydrogen) atoms. The van der Waals surface area contributed by atoms with Gasteiger partial charge in [0.25, 0.3) is 5.79 Å². The third-order valence-electron chi connectivity index (χ3n) is 2.69. The maximum atomic E-state index is 11.8. The molecule has 8 heteroatoms. The van der Waals surface area contributed by atoms with Gasteiger partial charge in [-0.2, -0.15) is 0 Å². The zero-order valence-corrected chi connectivity index (χ0v) is 14.8. The first-order valence-corrected chi connectivity index (χ1v) is 7.70. The molecule has 0 amide bonds. The first-order valence-electron chi connectivity index (χ1n) is 6.11. The van der Waals surface area contributed by atoms with Crippen molar-refractivity contribution in [2.45, 2.75) is 19.6 Å². The van der Waals surface area contributed by atoms with Crippen molar-refractivity contribution in [2.75, 3.05) is 5.32 Å². The third kappa shape index (κ3) is 3.56. The maximum absolute atomic E-state index is 11.8. The third-order valence-corrected chi connectivity index (χ3v) is 3.77. The van der Waals surface area contributed by atoms with Crippen LogP contribution >= 0.6 is 31.9 Å². The molecular weight excluding hydrogens is 422 g/mol. The summed E-state index contributed by atoms with van der Waals surface area (Å²) in [7, 11) is 0. The predicted octanol–water partition coefficient (Wildman–Crippen LogP) is 3.16. The molecule has 6 nitrogen and oxygen atoms in total. The second-order valence-electron chi connectivity index (χ2n) is 4.85. The van der Waals surface area contributed by atoms with Crippen LogP contribution < -0.4 is 5.32 Å². The van der Waals surface area contributed by atoms with Crippen molar-refractivity contribution in [1.29, 1.82) is 0 Å². The molecule has 1 aliphatic rings. The highest BCUT2D eigenvalue weighted by atomic mass is 79.9. The number of halogens is 2. The van der Waals surface area contributed by atoms with Crippen LogP contribution in [0.25, 0.3) is 0 Å². The first-order chi connectivity index (χ1) is 10.2. The molecule has 0 saturated carbocycles. The van der Waals surface area contributed by atoms with Gasteiger partial charge in [-0.25, -0.2) is 9.59 Å². The van der Waals surface area contributed by atoms with Crippen LogP contribution in [-0.4, -0.2) is 24.0 Å². The Labute approximate surface area is 143 Å². The molecular formula is C14H11Br2NO5. The van der Waals surface area contributed by atoms with Crippen LogP contribution in [0.5, 0.6) is 0 Å². The Morgan fingerprint density at radius 3 is 2.27 bits per heavy atom. The molecule has 0 atom stereocenters. The van der Waals surface area contributed by atoms with Crippen molar-refractivity contribution < 1.29 is 23.9 Å². The van der Waals surface area contributed by atoms with E-state index < -0.39 is 17.7 Å². The lowest BCUT2D eigenvalue weighted by atomic mass is 10.2. The molecule has 1 fully saturated rings. The maximum Gasteiger partial charge on any atom is 0.350 e. The Hall–Kier alpha value is -1.67. The molecule has 1 heterocycles. The van der Waals surface area contributed by atoms with Gasteiger partial charge >= 0.3 is 11.9 Å². The number of ether oxygens (including phenoxy) is 2. The SMILES string of the molecule is CC1(C)OC(=O)C(=CNc2c(Br)cc(Br)cc2C=O)C(=O)O1. The minimum atomic E-state index is -1.29. The second-order valence-corrected chi connectivity index (χ2v) is 6.62. The smallest absolute Gasteiger partial charge is 0.350 e. The Kier molecular flexibility index (Phi) is 4.72. The number of carbonyl (C=O) groups is 3. The van der Waals surface area contributed by atoms with Gasteiger partial charge in [-0.3, -0.25) is 4.79 Å². The summed E-state index contributed by atoms with van der Waals surface area (Å²) in [6.45, 7) is 2.92. The molecule has 0 spiro atoms. The van der Waals surface area contributed by atoms with E-state index in [1.165, 1.54) is 13.8 Å². The summed E-state index contributed by atoms with van der Waals surface area (Å²) in [6.07, 6.45) is 1.80. The van der Waals surface area contributed by atoms with Crippen molar-refractivity contribution in [1.82, 2.24) is 0 Å². The van der Waals surface area contributed by atoms with E-state index in [-0.39, 0.29) is 5.57 Å². The predicted molar refractivity (Wildman–Crippen MR) is 85.2 cm³/mol. The molecule has 2 rings (SSSR count). The molecule has 0 unspecified atom stereocenters. The number of benzene rings is 1. The first kappa shape index (κ1) is 16.7. The number of carbonyl (C=O) groups excluding carboxylic acids is 3. The fourth-order valence-electron chi connectivity index (χ4n) is 1.76. The van der Waals surface area contributed by atoms with E-state index in [0.29, 0.717) is 26.5 Å². The Morgan fingerprint density at radius 2 is 1.73 bits per heavy atom. The van der Waals surface area contributed by atoms with Gasteiger partial charge in [0.2, 0.25) is 0 Å². The Bertz CT molecular complexity index is 675. The highest BCUT2D eigenvalue weighted by molar-refractivity contribution is 9.11. The molecule has 1 aromatic carbocycles. The van der Waals surface area contributed by atoms with Gasteiger partial charge in [0, 0.05) is 34.6 Å². The van der Waals surface area contributed by atoms with Crippen LogP contribution in [0.4, 0.5) is 5.69 Å². The number of hydrogen-bond acceptors (Lipinski definition) is 6. The van der Waals surface area contributed by atoms with Gasteiger partial charge in [0.1, 0.15) is 0 Å². The summed E-state index contributed by atoms with van der Waals surface area (Å²) in [4.78, 5) is 34.7. The number of esters is 2. The van der Waals surface area contributed by atoms with E-state index in [0.717, 1.165) is 6.20 Å². The summed E-state index contributed by atoms with van der Waals surface area (Å²) in [5.74, 6) is -2.89. The normalized spacial score (nSPS) is 16.6. The van der Waals surface area contributed by atoms with E-state index in [1.807, 2.05) is 0 Å². The molecule has 1 saturated heterocycles. The quantitative estimate of drug-likeness (QED) is 0.342. The molecule has 116 valence electrons. The van der Waals surface area contributed by atoms with Gasteiger partial charge < -0.3 is 14.8 Å². The minimum Gasteiger partial charge on any atom is -0.419 e. The molecule has 1 aliphatic heterocycles. The van der Waals surface area contributed by atoms with Gasteiger partial charge in [-0.05, 0) is 28.1 Å². The standard InChI is InChI=1S/C14H11Br2NO5/c1-14(2)21-12(19)9(13(20)22-14)5-17-11-7(6-18)3-8(15)4-10(11)16/h3-6,17H,1-2H3. The van der Waals surface area contributed by atoms with E-state index >= 15 is 0 Å². The van der Waals surface area contributed by atoms with Crippen LogP contribution in [0.3, 0.4) is 0 Å². The molecule has 0 aromatic heterocycles. The van der Waals surface area contributed by atoms with E-state index in [4.69, 9.17) is 9.47 Å². The van der Waals surface area contributed by atoms with Crippen molar-refractivity contribution >= 4 is 55.8 Å². The fraction of sp³-hybridized carbons (Fsp3) is 0.214. The number of cyclic esters (lactones) is 2. The van der Waals surface area contributed by atoms with Crippen LogP contribution in [0.2, 0.25) is 0 Å². The second kappa shape index (κ2) is 6.21. The Morgan fingerprint density at radius 1 is 1.14 bits per heavy atom. The van der Waals surface area contributed by atoms with Crippen LogP contribution in [0.15, 0.2) is 32.9 Å². The van der Waals surface area contributed by atoms with Crippen molar-refractivity contribution in [3.63, 3.8) is 0 Å². The van der Waals surface area contributed by atoms with E-state index in [2.05, 4.69) is 37.2 Å². The van der Waals surface area contributed by atoms with E-state index in [9.17, 15) is 14.4 Å². The van der Waals surface area contributed by atoms with Crippen molar-refractivity contribution in [3.8, 4) is 0 Å². The largest absolute Gasteiger partial charge is 0.419 e. The van der Waals surface area contributed by atoms with Crippen molar-refractivity contribution in [2.24, 2.45) is 0 Å². The average Bonchev–Trinajstić information content (AvgIpc) is 2.37. The minimum absolute atomic E-state index is 0.286. The lowest BCUT2D eigenvalue weighted by Crippen LogP contribution is -2.42. The van der Waals surface area contributed by atoms with Crippen LogP contribution in [-0.2, 0) is 19.1 Å².